The van der Waals surface area contributed by atoms with E-state index in [1.165, 1.54) is 58.3 Å². The van der Waals surface area contributed by atoms with Gasteiger partial charge < -0.3 is 5.32 Å². The Labute approximate surface area is 154 Å². The lowest BCUT2D eigenvalue weighted by Crippen LogP contribution is -2.40. The van der Waals surface area contributed by atoms with E-state index in [1.807, 2.05) is 6.92 Å². The molecule has 1 amide bonds. The molecule has 146 valence electrons. The number of unbranched alkanes of at least 4 members (excludes halogenated alkanes) is 9. The normalized spacial score (nSPS) is 12.0. The minimum atomic E-state index is -0.442. The maximum atomic E-state index is 11.9. The summed E-state index contributed by atoms with van der Waals surface area (Å²) in [5.74, 6) is -0.376. The van der Waals surface area contributed by atoms with Crippen LogP contribution in [0.1, 0.15) is 111 Å². The standard InChI is InChI=1S/C21H39NO3/c1-4-6-7-8-9-10-11-12-13-14-16-19(24)17-21(25)22-20(15-5-2)18(3)23/h20H,4-17H2,1-3H3,(H,22,25). The summed E-state index contributed by atoms with van der Waals surface area (Å²) < 4.78 is 0. The highest BCUT2D eigenvalue weighted by atomic mass is 16.2. The molecule has 0 radical (unpaired) electrons. The molecule has 0 aromatic heterocycles. The van der Waals surface area contributed by atoms with Gasteiger partial charge in [0.15, 0.2) is 5.78 Å². The fourth-order valence-electron chi connectivity index (χ4n) is 2.99. The van der Waals surface area contributed by atoms with Crippen molar-refractivity contribution in [3.05, 3.63) is 0 Å². The second kappa shape index (κ2) is 16.3. The Morgan fingerprint density at radius 1 is 0.760 bits per heavy atom. The van der Waals surface area contributed by atoms with Crippen molar-refractivity contribution in [2.45, 2.75) is 117 Å². The van der Waals surface area contributed by atoms with E-state index < -0.39 is 6.04 Å². The highest BCUT2D eigenvalue weighted by Gasteiger charge is 2.17. The van der Waals surface area contributed by atoms with Gasteiger partial charge in [0, 0.05) is 6.42 Å². The van der Waals surface area contributed by atoms with Crippen molar-refractivity contribution >= 4 is 17.5 Å². The minimum absolute atomic E-state index is 0.0177. The number of carbonyl (C=O) groups is 3. The number of carbonyl (C=O) groups excluding carboxylic acids is 3. The molecule has 0 saturated heterocycles. The molecule has 0 spiro atoms. The predicted molar refractivity (Wildman–Crippen MR) is 104 cm³/mol. The van der Waals surface area contributed by atoms with Crippen molar-refractivity contribution in [3.63, 3.8) is 0 Å². The first-order valence-corrected chi connectivity index (χ1v) is 10.3. The van der Waals surface area contributed by atoms with E-state index in [2.05, 4.69) is 12.2 Å². The van der Waals surface area contributed by atoms with Crippen LogP contribution in [0.25, 0.3) is 0 Å². The molecule has 0 rings (SSSR count). The molecule has 0 heterocycles. The average molecular weight is 354 g/mol. The molecule has 4 nitrogen and oxygen atoms in total. The lowest BCUT2D eigenvalue weighted by Gasteiger charge is -2.14. The molecule has 1 unspecified atom stereocenters. The quantitative estimate of drug-likeness (QED) is 0.291. The van der Waals surface area contributed by atoms with E-state index in [4.69, 9.17) is 0 Å². The molecular weight excluding hydrogens is 314 g/mol. The van der Waals surface area contributed by atoms with Crippen LogP contribution in [0.5, 0.6) is 0 Å². The fourth-order valence-corrected chi connectivity index (χ4v) is 2.99. The van der Waals surface area contributed by atoms with Crippen LogP contribution in [0.2, 0.25) is 0 Å². The Morgan fingerprint density at radius 2 is 1.28 bits per heavy atom. The van der Waals surface area contributed by atoms with Crippen molar-refractivity contribution in [1.29, 1.82) is 0 Å². The molecule has 0 bridgehead atoms. The summed E-state index contributed by atoms with van der Waals surface area (Å²) in [5.41, 5.74) is 0. The molecule has 1 N–H and O–H groups in total. The van der Waals surface area contributed by atoms with Crippen molar-refractivity contribution in [1.82, 2.24) is 5.32 Å². The van der Waals surface area contributed by atoms with E-state index >= 15 is 0 Å². The summed E-state index contributed by atoms with van der Waals surface area (Å²) >= 11 is 0. The third-order valence-corrected chi connectivity index (χ3v) is 4.57. The highest BCUT2D eigenvalue weighted by molar-refractivity contribution is 5.99. The van der Waals surface area contributed by atoms with Crippen LogP contribution < -0.4 is 5.32 Å². The lowest BCUT2D eigenvalue weighted by atomic mass is 10.0. The Bertz CT molecular complexity index is 379. The van der Waals surface area contributed by atoms with Gasteiger partial charge in [0.25, 0.3) is 0 Å². The topological polar surface area (TPSA) is 63.2 Å². The maximum Gasteiger partial charge on any atom is 0.228 e. The van der Waals surface area contributed by atoms with Gasteiger partial charge in [0.2, 0.25) is 5.91 Å². The van der Waals surface area contributed by atoms with Crippen molar-refractivity contribution in [3.8, 4) is 0 Å². The Morgan fingerprint density at radius 3 is 1.76 bits per heavy atom. The molecule has 0 aliphatic carbocycles. The summed E-state index contributed by atoms with van der Waals surface area (Å²) in [6, 6.07) is -0.442. The zero-order chi connectivity index (χ0) is 18.9. The van der Waals surface area contributed by atoms with Crippen LogP contribution >= 0.6 is 0 Å². The van der Waals surface area contributed by atoms with Gasteiger partial charge in [-0.05, 0) is 19.8 Å². The van der Waals surface area contributed by atoms with Gasteiger partial charge in [-0.15, -0.1) is 0 Å². The van der Waals surface area contributed by atoms with Gasteiger partial charge in [-0.3, -0.25) is 14.4 Å². The Balaban J connectivity index is 3.63. The molecule has 1 atom stereocenters. The van der Waals surface area contributed by atoms with Gasteiger partial charge >= 0.3 is 0 Å². The largest absolute Gasteiger partial charge is 0.346 e. The van der Waals surface area contributed by atoms with Crippen LogP contribution in [0.4, 0.5) is 0 Å². The third kappa shape index (κ3) is 14.8. The van der Waals surface area contributed by atoms with Crippen LogP contribution in [0.3, 0.4) is 0 Å². The molecule has 0 aliphatic heterocycles. The monoisotopic (exact) mass is 353 g/mol. The number of ketones is 2. The zero-order valence-corrected chi connectivity index (χ0v) is 16.7. The van der Waals surface area contributed by atoms with Crippen LogP contribution in [0, 0.1) is 0 Å². The first-order chi connectivity index (χ1) is 12.0. The van der Waals surface area contributed by atoms with E-state index in [-0.39, 0.29) is 23.9 Å². The third-order valence-electron chi connectivity index (χ3n) is 4.57. The first-order valence-electron chi connectivity index (χ1n) is 10.3. The number of nitrogens with one attached hydrogen (secondary N) is 1. The van der Waals surface area contributed by atoms with Crippen LogP contribution in [-0.4, -0.2) is 23.5 Å². The summed E-state index contributed by atoms with van der Waals surface area (Å²) in [6.45, 7) is 5.68. The molecule has 25 heavy (non-hydrogen) atoms. The smallest absolute Gasteiger partial charge is 0.228 e. The molecule has 4 heteroatoms. The maximum absolute atomic E-state index is 11.9. The van der Waals surface area contributed by atoms with Gasteiger partial charge in [0.1, 0.15) is 5.78 Å². The number of hydrogen-bond acceptors (Lipinski definition) is 3. The van der Waals surface area contributed by atoms with E-state index in [0.29, 0.717) is 12.8 Å². The second-order valence-corrected chi connectivity index (χ2v) is 7.17. The summed E-state index contributed by atoms with van der Waals surface area (Å²) in [7, 11) is 0. The predicted octanol–water partition coefficient (Wildman–Crippen LogP) is 5.13. The van der Waals surface area contributed by atoms with Gasteiger partial charge in [0.05, 0.1) is 12.5 Å². The number of Topliss-reactive ketones (excluding diaryl/α,β-unsaturated/α-hetero) is 2. The zero-order valence-electron chi connectivity index (χ0n) is 16.7. The van der Waals surface area contributed by atoms with E-state index in [9.17, 15) is 14.4 Å². The highest BCUT2D eigenvalue weighted by Crippen LogP contribution is 2.11. The fraction of sp³-hybridized carbons (Fsp3) is 0.857. The molecule has 0 aromatic rings. The van der Waals surface area contributed by atoms with Crippen LogP contribution in [-0.2, 0) is 14.4 Å². The Hall–Kier alpha value is -1.19. The summed E-state index contributed by atoms with van der Waals surface area (Å²) in [5, 5.41) is 2.68. The van der Waals surface area contributed by atoms with Crippen molar-refractivity contribution in [2.24, 2.45) is 0 Å². The second-order valence-electron chi connectivity index (χ2n) is 7.17. The van der Waals surface area contributed by atoms with Gasteiger partial charge in [-0.25, -0.2) is 0 Å². The average Bonchev–Trinajstić information content (AvgIpc) is 2.56. The van der Waals surface area contributed by atoms with Gasteiger partial charge in [-0.2, -0.15) is 0 Å². The minimum Gasteiger partial charge on any atom is -0.346 e. The molecule has 0 aliphatic rings. The lowest BCUT2D eigenvalue weighted by molar-refractivity contribution is -0.131. The van der Waals surface area contributed by atoms with Crippen LogP contribution in [0.15, 0.2) is 0 Å². The van der Waals surface area contributed by atoms with Gasteiger partial charge in [-0.1, -0.05) is 78.1 Å². The number of amides is 1. The Kier molecular flexibility index (Phi) is 15.5. The first kappa shape index (κ1) is 23.8. The molecule has 0 fully saturated rings. The van der Waals surface area contributed by atoms with E-state index in [1.54, 1.807) is 0 Å². The van der Waals surface area contributed by atoms with Crippen molar-refractivity contribution < 1.29 is 14.4 Å². The summed E-state index contributed by atoms with van der Waals surface area (Å²) in [6.07, 6.45) is 14.2. The molecular formula is C21H39NO3. The SMILES string of the molecule is CCCCCCCCCCCCC(=O)CC(=O)NC(CCC)C(C)=O. The number of hydrogen-bond donors (Lipinski definition) is 1. The van der Waals surface area contributed by atoms with E-state index in [0.717, 1.165) is 19.3 Å². The molecule has 0 aromatic carbocycles. The summed E-state index contributed by atoms with van der Waals surface area (Å²) in [4.78, 5) is 35.1. The van der Waals surface area contributed by atoms with Crippen molar-refractivity contribution in [2.75, 3.05) is 0 Å². The molecule has 0 saturated carbocycles. The number of rotatable bonds is 17.